The number of ether oxygens (including phenoxy) is 2. The SMILES string of the molecule is COc1cccc([C@H]2C(C(=O)Nc3ccccc3)=C(C)N=c3s/c(=C\c4ccc(OCc5ccc(Br)cc5)c(Br)c4)c(=O)n32)c1. The molecule has 1 amide bonds. The van der Waals surface area contributed by atoms with E-state index in [-0.39, 0.29) is 11.5 Å². The zero-order valence-electron chi connectivity index (χ0n) is 24.3. The van der Waals surface area contributed by atoms with E-state index in [1.807, 2.05) is 103 Å². The average Bonchev–Trinajstić information content (AvgIpc) is 3.34. The van der Waals surface area contributed by atoms with Gasteiger partial charge < -0.3 is 14.8 Å². The largest absolute Gasteiger partial charge is 0.497 e. The zero-order chi connectivity index (χ0) is 31.5. The number of para-hydroxylation sites is 1. The maximum absolute atomic E-state index is 14.1. The molecule has 1 N–H and O–H groups in total. The molecule has 0 spiro atoms. The smallest absolute Gasteiger partial charge is 0.271 e. The van der Waals surface area contributed by atoms with Crippen LogP contribution in [0.15, 0.2) is 127 Å². The highest BCUT2D eigenvalue weighted by Gasteiger charge is 2.32. The predicted molar refractivity (Wildman–Crippen MR) is 184 cm³/mol. The third-order valence-electron chi connectivity index (χ3n) is 7.27. The van der Waals surface area contributed by atoms with E-state index < -0.39 is 6.04 Å². The fraction of sp³-hybridized carbons (Fsp3) is 0.114. The minimum absolute atomic E-state index is 0.240. The second-order valence-electron chi connectivity index (χ2n) is 10.3. The Morgan fingerprint density at radius 2 is 1.78 bits per heavy atom. The van der Waals surface area contributed by atoms with Crippen molar-refractivity contribution in [2.75, 3.05) is 12.4 Å². The number of anilines is 1. The number of benzene rings is 4. The summed E-state index contributed by atoms with van der Waals surface area (Å²) in [5.74, 6) is 0.992. The minimum Gasteiger partial charge on any atom is -0.497 e. The molecule has 0 fully saturated rings. The minimum atomic E-state index is -0.705. The van der Waals surface area contributed by atoms with Crippen molar-refractivity contribution in [3.05, 3.63) is 154 Å². The summed E-state index contributed by atoms with van der Waals surface area (Å²) in [5.41, 5.74) is 3.95. The fourth-order valence-corrected chi connectivity index (χ4v) is 6.90. The van der Waals surface area contributed by atoms with Crippen molar-refractivity contribution in [2.45, 2.75) is 19.6 Å². The summed E-state index contributed by atoms with van der Waals surface area (Å²) in [4.78, 5) is 33.1. The standard InChI is InChI=1S/C35H27Br2N3O4S/c1-21-31(33(41)39-26-8-4-3-5-9-26)32(24-7-6-10-27(19-24)43-2)40-34(42)30(45-35(40)38-21)18-23-13-16-29(28(37)17-23)44-20-22-11-14-25(36)15-12-22/h3-19,32H,20H2,1-2H3,(H,39,41)/b30-18-/t32-/m0/s1. The first kappa shape index (κ1) is 30.8. The lowest BCUT2D eigenvalue weighted by Gasteiger charge is -2.25. The van der Waals surface area contributed by atoms with Crippen LogP contribution in [0.4, 0.5) is 5.69 Å². The molecule has 7 nitrogen and oxygen atoms in total. The molecular formula is C35H27Br2N3O4S. The molecule has 1 aliphatic rings. The number of amides is 1. The van der Waals surface area contributed by atoms with Crippen molar-refractivity contribution in [2.24, 2.45) is 4.99 Å². The molecule has 0 saturated carbocycles. The van der Waals surface area contributed by atoms with Crippen LogP contribution in [0.5, 0.6) is 11.5 Å². The van der Waals surface area contributed by atoms with Crippen LogP contribution >= 0.6 is 43.2 Å². The highest BCUT2D eigenvalue weighted by Crippen LogP contribution is 2.32. The summed E-state index contributed by atoms with van der Waals surface area (Å²) in [6.07, 6.45) is 1.83. The molecule has 226 valence electrons. The second kappa shape index (κ2) is 13.4. The van der Waals surface area contributed by atoms with Crippen molar-refractivity contribution >= 4 is 60.9 Å². The van der Waals surface area contributed by atoms with Gasteiger partial charge in [-0.05, 0) is 94.2 Å². The van der Waals surface area contributed by atoms with Gasteiger partial charge in [-0.25, -0.2) is 4.99 Å². The number of nitrogens with zero attached hydrogens (tertiary/aromatic N) is 2. The van der Waals surface area contributed by atoms with Crippen molar-refractivity contribution < 1.29 is 14.3 Å². The Kier molecular flexibility index (Phi) is 9.16. The zero-order valence-corrected chi connectivity index (χ0v) is 28.3. The number of rotatable bonds is 8. The van der Waals surface area contributed by atoms with Crippen LogP contribution in [-0.2, 0) is 11.4 Å². The Bertz CT molecular complexity index is 2110. The molecule has 0 bridgehead atoms. The van der Waals surface area contributed by atoms with Gasteiger partial charge in [-0.1, -0.05) is 75.8 Å². The maximum atomic E-state index is 14.1. The molecule has 0 unspecified atom stereocenters. The molecule has 10 heteroatoms. The molecule has 1 aliphatic heterocycles. The third-order valence-corrected chi connectivity index (χ3v) is 9.40. The van der Waals surface area contributed by atoms with Crippen LogP contribution in [-0.4, -0.2) is 17.6 Å². The molecule has 4 aromatic carbocycles. The van der Waals surface area contributed by atoms with Gasteiger partial charge in [0, 0.05) is 10.2 Å². The first-order valence-electron chi connectivity index (χ1n) is 14.0. The van der Waals surface area contributed by atoms with E-state index in [0.29, 0.717) is 44.4 Å². The summed E-state index contributed by atoms with van der Waals surface area (Å²) in [6, 6.07) is 29.6. The number of hydrogen-bond acceptors (Lipinski definition) is 6. The Morgan fingerprint density at radius 1 is 1.00 bits per heavy atom. The van der Waals surface area contributed by atoms with E-state index in [1.165, 1.54) is 11.3 Å². The number of thiazole rings is 1. The molecule has 2 heterocycles. The van der Waals surface area contributed by atoms with Crippen LogP contribution in [0.3, 0.4) is 0 Å². The number of carbonyl (C=O) groups excluding carboxylic acids is 1. The summed E-state index contributed by atoms with van der Waals surface area (Å²) in [6.45, 7) is 2.22. The van der Waals surface area contributed by atoms with E-state index in [4.69, 9.17) is 14.5 Å². The number of aromatic nitrogens is 1. The van der Waals surface area contributed by atoms with Crippen LogP contribution in [0.2, 0.25) is 0 Å². The predicted octanol–water partition coefficient (Wildman–Crippen LogP) is 6.99. The quantitative estimate of drug-likeness (QED) is 0.186. The van der Waals surface area contributed by atoms with Gasteiger partial charge in [-0.15, -0.1) is 0 Å². The van der Waals surface area contributed by atoms with Crippen LogP contribution < -0.4 is 29.7 Å². The summed E-state index contributed by atoms with van der Waals surface area (Å²) in [7, 11) is 1.59. The molecule has 6 rings (SSSR count). The van der Waals surface area contributed by atoms with Crippen LogP contribution in [0.1, 0.15) is 29.7 Å². The molecular weight excluding hydrogens is 718 g/mol. The van der Waals surface area contributed by atoms with Gasteiger partial charge in [0.15, 0.2) is 4.80 Å². The number of methoxy groups -OCH3 is 1. The number of allylic oxidation sites excluding steroid dienone is 1. The Balaban J connectivity index is 1.37. The number of nitrogens with one attached hydrogen (secondary N) is 1. The van der Waals surface area contributed by atoms with Gasteiger partial charge in [0.2, 0.25) is 0 Å². The number of halogens is 2. The first-order chi connectivity index (χ1) is 21.8. The molecule has 5 aromatic rings. The van der Waals surface area contributed by atoms with E-state index in [1.54, 1.807) is 18.6 Å². The molecule has 0 radical (unpaired) electrons. The van der Waals surface area contributed by atoms with E-state index in [9.17, 15) is 9.59 Å². The summed E-state index contributed by atoms with van der Waals surface area (Å²) < 4.78 is 15.4. The topological polar surface area (TPSA) is 81.9 Å². The Hall–Kier alpha value is -4.25. The highest BCUT2D eigenvalue weighted by atomic mass is 79.9. The lowest BCUT2D eigenvalue weighted by atomic mass is 9.95. The summed E-state index contributed by atoms with van der Waals surface area (Å²) in [5, 5.41) is 2.97. The monoisotopic (exact) mass is 743 g/mol. The van der Waals surface area contributed by atoms with Gasteiger partial charge in [0.1, 0.15) is 18.1 Å². The maximum Gasteiger partial charge on any atom is 0.271 e. The van der Waals surface area contributed by atoms with Gasteiger partial charge in [0.05, 0.1) is 33.4 Å². The van der Waals surface area contributed by atoms with Crippen LogP contribution in [0.25, 0.3) is 6.08 Å². The van der Waals surface area contributed by atoms with Crippen molar-refractivity contribution in [1.29, 1.82) is 0 Å². The number of hydrogen-bond donors (Lipinski definition) is 1. The third kappa shape index (κ3) is 6.73. The average molecular weight is 745 g/mol. The van der Waals surface area contributed by atoms with Gasteiger partial charge >= 0.3 is 0 Å². The van der Waals surface area contributed by atoms with Gasteiger partial charge in [0.25, 0.3) is 11.5 Å². The molecule has 0 aliphatic carbocycles. The summed E-state index contributed by atoms with van der Waals surface area (Å²) >= 11 is 8.36. The lowest BCUT2D eigenvalue weighted by Crippen LogP contribution is -2.40. The number of carbonyl (C=O) groups is 1. The fourth-order valence-electron chi connectivity index (χ4n) is 5.08. The van der Waals surface area contributed by atoms with E-state index in [2.05, 4.69) is 37.2 Å². The Morgan fingerprint density at radius 3 is 2.51 bits per heavy atom. The van der Waals surface area contributed by atoms with Crippen LogP contribution in [0, 0.1) is 0 Å². The van der Waals surface area contributed by atoms with Crippen molar-refractivity contribution in [1.82, 2.24) is 4.57 Å². The molecule has 45 heavy (non-hydrogen) atoms. The van der Waals surface area contributed by atoms with E-state index in [0.717, 1.165) is 25.6 Å². The highest BCUT2D eigenvalue weighted by molar-refractivity contribution is 9.10. The van der Waals surface area contributed by atoms with Gasteiger partial charge in [-0.2, -0.15) is 0 Å². The lowest BCUT2D eigenvalue weighted by molar-refractivity contribution is -0.113. The second-order valence-corrected chi connectivity index (χ2v) is 13.1. The first-order valence-corrected chi connectivity index (χ1v) is 16.4. The Labute approximate surface area is 280 Å². The van der Waals surface area contributed by atoms with Gasteiger partial charge in [-0.3, -0.25) is 14.2 Å². The molecule has 0 saturated heterocycles. The molecule has 1 atom stereocenters. The normalized spacial score (nSPS) is 14.5. The molecule has 1 aromatic heterocycles. The van der Waals surface area contributed by atoms with E-state index >= 15 is 0 Å². The number of fused-ring (bicyclic) bond motifs is 1. The van der Waals surface area contributed by atoms with Crippen molar-refractivity contribution in [3.63, 3.8) is 0 Å². The van der Waals surface area contributed by atoms with Crippen molar-refractivity contribution in [3.8, 4) is 11.5 Å².